The number of aryl methyl sites for hydroxylation is 1. The van der Waals surface area contributed by atoms with Crippen molar-refractivity contribution in [2.45, 2.75) is 12.7 Å². The zero-order valence-electron chi connectivity index (χ0n) is 13.8. The fourth-order valence-corrected chi connectivity index (χ4v) is 2.87. The summed E-state index contributed by atoms with van der Waals surface area (Å²) in [5, 5.41) is 6.76. The Bertz CT molecular complexity index is 816. The van der Waals surface area contributed by atoms with Crippen molar-refractivity contribution in [2.24, 2.45) is 0 Å². The molecule has 0 saturated heterocycles. The fourth-order valence-electron chi connectivity index (χ4n) is 2.16. The molecule has 1 amide bonds. The van der Waals surface area contributed by atoms with E-state index < -0.39 is 0 Å². The average molecular weight is 354 g/mol. The van der Waals surface area contributed by atoms with Crippen LogP contribution in [0.2, 0.25) is 0 Å². The lowest BCUT2D eigenvalue weighted by molar-refractivity contribution is -0.113. The van der Waals surface area contributed by atoms with Gasteiger partial charge in [-0.05, 0) is 43.3 Å². The molecule has 1 N–H and O–H groups in total. The van der Waals surface area contributed by atoms with Crippen LogP contribution >= 0.6 is 11.8 Å². The molecule has 3 aromatic rings. The van der Waals surface area contributed by atoms with E-state index in [1.807, 2.05) is 67.6 Å². The zero-order chi connectivity index (χ0) is 17.5. The van der Waals surface area contributed by atoms with Crippen LogP contribution in [0.4, 0.5) is 5.69 Å². The molecule has 0 fully saturated rings. The van der Waals surface area contributed by atoms with Gasteiger partial charge in [-0.25, -0.2) is 0 Å². The third-order valence-corrected chi connectivity index (χ3v) is 4.24. The van der Waals surface area contributed by atoms with Gasteiger partial charge >= 0.3 is 0 Å². The molecule has 3 rings (SSSR count). The maximum atomic E-state index is 12.0. The second-order valence-electron chi connectivity index (χ2n) is 5.41. The van der Waals surface area contributed by atoms with Gasteiger partial charge in [0.1, 0.15) is 17.3 Å². The van der Waals surface area contributed by atoms with Gasteiger partial charge in [-0.1, -0.05) is 23.4 Å². The number of anilines is 1. The lowest BCUT2D eigenvalue weighted by Crippen LogP contribution is -2.14. The molecular weight excluding hydrogens is 336 g/mol. The third-order valence-electron chi connectivity index (χ3n) is 3.28. The first kappa shape index (κ1) is 17.1. The fraction of sp³-hybridized carbons (Fsp3) is 0.158. The number of hydrogen-bond acceptors (Lipinski definition) is 5. The highest BCUT2D eigenvalue weighted by Crippen LogP contribution is 2.22. The van der Waals surface area contributed by atoms with Crippen LogP contribution in [0, 0.1) is 6.92 Å². The number of thioether (sulfide) groups is 1. The molecule has 128 valence electrons. The SMILES string of the molecule is Cc1cc(CSCC(=O)Nc2ccc(Oc3ccccc3)cc2)no1. The molecule has 0 aliphatic heterocycles. The highest BCUT2D eigenvalue weighted by molar-refractivity contribution is 7.99. The molecule has 2 aromatic carbocycles. The van der Waals surface area contributed by atoms with Crippen LogP contribution in [0.15, 0.2) is 65.2 Å². The number of amides is 1. The minimum atomic E-state index is -0.0538. The largest absolute Gasteiger partial charge is 0.457 e. The van der Waals surface area contributed by atoms with E-state index in [9.17, 15) is 4.79 Å². The average Bonchev–Trinajstić information content (AvgIpc) is 3.03. The number of nitrogens with one attached hydrogen (secondary N) is 1. The summed E-state index contributed by atoms with van der Waals surface area (Å²) in [6, 6.07) is 18.7. The molecule has 0 aliphatic carbocycles. The summed E-state index contributed by atoms with van der Waals surface area (Å²) in [6.45, 7) is 1.85. The van der Waals surface area contributed by atoms with Crippen LogP contribution in [-0.2, 0) is 10.5 Å². The van der Waals surface area contributed by atoms with Gasteiger partial charge in [-0.2, -0.15) is 0 Å². The smallest absolute Gasteiger partial charge is 0.234 e. The van der Waals surface area contributed by atoms with Crippen LogP contribution in [0.1, 0.15) is 11.5 Å². The van der Waals surface area contributed by atoms with E-state index in [2.05, 4.69) is 10.5 Å². The molecule has 5 nitrogen and oxygen atoms in total. The number of para-hydroxylation sites is 1. The molecule has 6 heteroatoms. The first-order valence-electron chi connectivity index (χ1n) is 7.82. The van der Waals surface area contributed by atoms with Gasteiger partial charge < -0.3 is 14.6 Å². The number of benzene rings is 2. The summed E-state index contributed by atoms with van der Waals surface area (Å²) in [5.41, 5.74) is 1.58. The molecule has 0 bridgehead atoms. The Kier molecular flexibility index (Phi) is 5.74. The molecule has 0 unspecified atom stereocenters. The lowest BCUT2D eigenvalue weighted by Gasteiger charge is -2.08. The summed E-state index contributed by atoms with van der Waals surface area (Å²) >= 11 is 1.49. The lowest BCUT2D eigenvalue weighted by atomic mass is 10.3. The van der Waals surface area contributed by atoms with E-state index in [-0.39, 0.29) is 5.91 Å². The standard InChI is InChI=1S/C19H18N2O3S/c1-14-11-16(21-24-14)12-25-13-19(22)20-15-7-9-18(10-8-15)23-17-5-3-2-4-6-17/h2-11H,12-13H2,1H3,(H,20,22). The van der Waals surface area contributed by atoms with Crippen molar-refractivity contribution in [3.63, 3.8) is 0 Å². The topological polar surface area (TPSA) is 64.4 Å². The van der Waals surface area contributed by atoms with Crippen molar-refractivity contribution in [2.75, 3.05) is 11.1 Å². The Balaban J connectivity index is 1.45. The van der Waals surface area contributed by atoms with Gasteiger partial charge in [0.2, 0.25) is 5.91 Å². The minimum absolute atomic E-state index is 0.0538. The first-order valence-corrected chi connectivity index (χ1v) is 8.97. The summed E-state index contributed by atoms with van der Waals surface area (Å²) in [4.78, 5) is 12.0. The van der Waals surface area contributed by atoms with Gasteiger partial charge in [0, 0.05) is 17.5 Å². The Hall–Kier alpha value is -2.73. The van der Waals surface area contributed by atoms with Crippen LogP contribution < -0.4 is 10.1 Å². The van der Waals surface area contributed by atoms with Crippen molar-refractivity contribution >= 4 is 23.4 Å². The van der Waals surface area contributed by atoms with E-state index in [0.717, 1.165) is 28.6 Å². The van der Waals surface area contributed by atoms with Crippen molar-refractivity contribution in [3.05, 3.63) is 72.1 Å². The molecule has 25 heavy (non-hydrogen) atoms. The van der Waals surface area contributed by atoms with E-state index in [1.165, 1.54) is 11.8 Å². The number of aromatic nitrogens is 1. The molecular formula is C19H18N2O3S. The summed E-state index contributed by atoms with van der Waals surface area (Å²) in [5.74, 6) is 3.22. The molecule has 0 saturated carbocycles. The van der Waals surface area contributed by atoms with Gasteiger partial charge in [-0.3, -0.25) is 4.79 Å². The van der Waals surface area contributed by atoms with Crippen LogP contribution in [0.5, 0.6) is 11.5 Å². The quantitative estimate of drug-likeness (QED) is 0.669. The number of nitrogens with zero attached hydrogens (tertiary/aromatic N) is 1. The maximum Gasteiger partial charge on any atom is 0.234 e. The Morgan fingerprint density at radius 1 is 1.12 bits per heavy atom. The normalized spacial score (nSPS) is 10.4. The van der Waals surface area contributed by atoms with Crippen molar-refractivity contribution in [1.29, 1.82) is 0 Å². The van der Waals surface area contributed by atoms with Crippen molar-refractivity contribution in [3.8, 4) is 11.5 Å². The monoisotopic (exact) mass is 354 g/mol. The molecule has 0 atom stereocenters. The molecule has 0 radical (unpaired) electrons. The second kappa shape index (κ2) is 8.39. The molecule has 0 spiro atoms. The highest BCUT2D eigenvalue weighted by atomic mass is 32.2. The van der Waals surface area contributed by atoms with Gasteiger partial charge in [-0.15, -0.1) is 11.8 Å². The summed E-state index contributed by atoms with van der Waals surface area (Å²) < 4.78 is 10.7. The Morgan fingerprint density at radius 3 is 2.52 bits per heavy atom. The molecule has 1 aromatic heterocycles. The molecule has 0 aliphatic rings. The number of carbonyl (C=O) groups is 1. The van der Waals surface area contributed by atoms with Crippen molar-refractivity contribution < 1.29 is 14.1 Å². The van der Waals surface area contributed by atoms with Crippen molar-refractivity contribution in [1.82, 2.24) is 5.16 Å². The van der Waals surface area contributed by atoms with Crippen LogP contribution in [0.25, 0.3) is 0 Å². The van der Waals surface area contributed by atoms with E-state index in [0.29, 0.717) is 11.5 Å². The Morgan fingerprint density at radius 2 is 1.84 bits per heavy atom. The zero-order valence-corrected chi connectivity index (χ0v) is 14.6. The summed E-state index contributed by atoms with van der Waals surface area (Å²) in [7, 11) is 0. The molecule has 1 heterocycles. The first-order chi connectivity index (χ1) is 12.2. The van der Waals surface area contributed by atoms with Gasteiger partial charge in [0.05, 0.1) is 11.4 Å². The Labute approximate surface area is 150 Å². The predicted octanol–water partition coefficient (Wildman–Crippen LogP) is 4.65. The number of ether oxygens (including phenoxy) is 1. The van der Waals surface area contributed by atoms with Gasteiger partial charge in [0.25, 0.3) is 0 Å². The predicted molar refractivity (Wildman–Crippen MR) is 99.0 cm³/mol. The van der Waals surface area contributed by atoms with E-state index in [1.54, 1.807) is 0 Å². The third kappa shape index (κ3) is 5.39. The van der Waals surface area contributed by atoms with E-state index in [4.69, 9.17) is 9.26 Å². The van der Waals surface area contributed by atoms with Crippen LogP contribution in [0.3, 0.4) is 0 Å². The number of carbonyl (C=O) groups excluding carboxylic acids is 1. The highest BCUT2D eigenvalue weighted by Gasteiger charge is 2.06. The maximum absolute atomic E-state index is 12.0. The summed E-state index contributed by atoms with van der Waals surface area (Å²) in [6.07, 6.45) is 0. The van der Waals surface area contributed by atoms with E-state index >= 15 is 0 Å². The number of hydrogen-bond donors (Lipinski definition) is 1. The van der Waals surface area contributed by atoms with Crippen LogP contribution in [-0.4, -0.2) is 16.8 Å². The van der Waals surface area contributed by atoms with Gasteiger partial charge in [0.15, 0.2) is 0 Å². The number of rotatable bonds is 7. The second-order valence-corrected chi connectivity index (χ2v) is 6.39. The minimum Gasteiger partial charge on any atom is -0.457 e.